The van der Waals surface area contributed by atoms with Gasteiger partial charge in [-0.15, -0.1) is 0 Å². The van der Waals surface area contributed by atoms with Crippen LogP contribution in [0.1, 0.15) is 11.1 Å². The number of hydrogen-bond acceptors (Lipinski definition) is 3. The smallest absolute Gasteiger partial charge is 0.180 e. The Hall–Kier alpha value is -1.97. The Morgan fingerprint density at radius 1 is 1.22 bits per heavy atom. The van der Waals surface area contributed by atoms with E-state index in [0.29, 0.717) is 28.2 Å². The summed E-state index contributed by atoms with van der Waals surface area (Å²) in [6.07, 6.45) is 3.36. The van der Waals surface area contributed by atoms with Gasteiger partial charge in [-0.1, -0.05) is 41.9 Å². The predicted molar refractivity (Wildman–Crippen MR) is 97.1 cm³/mol. The maximum atomic E-state index is 6.27. The van der Waals surface area contributed by atoms with E-state index in [1.807, 2.05) is 31.2 Å². The molecule has 0 spiro atoms. The highest BCUT2D eigenvalue weighted by molar-refractivity contribution is 6.32. The Morgan fingerprint density at radius 3 is 2.70 bits per heavy atom. The molecule has 120 valence electrons. The number of rotatable bonds is 6. The van der Waals surface area contributed by atoms with E-state index in [1.165, 1.54) is 0 Å². The third-order valence-electron chi connectivity index (χ3n) is 3.19. The van der Waals surface area contributed by atoms with Crippen molar-refractivity contribution in [2.45, 2.75) is 6.92 Å². The largest absolute Gasteiger partial charge is 0.493 e. The molecule has 0 aliphatic carbocycles. The molecule has 0 amide bonds. The molecule has 2 aromatic rings. The van der Waals surface area contributed by atoms with Crippen molar-refractivity contribution >= 4 is 35.1 Å². The van der Waals surface area contributed by atoms with Crippen LogP contribution in [0.3, 0.4) is 0 Å². The number of aliphatic imine (C=N–C) groups is 1. The normalized spacial score (nSPS) is 10.8. The van der Waals surface area contributed by atoms with Gasteiger partial charge in [0.25, 0.3) is 0 Å². The summed E-state index contributed by atoms with van der Waals surface area (Å²) in [7, 11) is 1.56. The van der Waals surface area contributed by atoms with E-state index in [2.05, 4.69) is 11.6 Å². The van der Waals surface area contributed by atoms with Crippen molar-refractivity contribution in [1.29, 1.82) is 0 Å². The zero-order valence-corrected chi connectivity index (χ0v) is 14.5. The number of nitrogens with zero attached hydrogens (tertiary/aromatic N) is 1. The van der Waals surface area contributed by atoms with E-state index in [1.54, 1.807) is 25.5 Å². The first-order valence-electron chi connectivity index (χ1n) is 6.97. The lowest BCUT2D eigenvalue weighted by molar-refractivity contribution is 0.326. The van der Waals surface area contributed by atoms with Crippen LogP contribution in [-0.4, -0.2) is 19.9 Å². The van der Waals surface area contributed by atoms with Crippen LogP contribution in [0.4, 0.5) is 5.69 Å². The van der Waals surface area contributed by atoms with Crippen LogP contribution in [0.25, 0.3) is 0 Å². The summed E-state index contributed by atoms with van der Waals surface area (Å²) in [5.74, 6) is 1.04. The number of ether oxygens (including phenoxy) is 2. The number of methoxy groups -OCH3 is 1. The zero-order chi connectivity index (χ0) is 16.8. The van der Waals surface area contributed by atoms with Crippen molar-refractivity contribution < 1.29 is 9.47 Å². The van der Waals surface area contributed by atoms with Crippen LogP contribution in [0.2, 0.25) is 10.0 Å². The molecule has 0 radical (unpaired) electrons. The van der Waals surface area contributed by atoms with E-state index < -0.39 is 0 Å². The maximum absolute atomic E-state index is 6.27. The Bertz CT molecular complexity index is 742. The molecule has 0 aliphatic rings. The predicted octanol–water partition coefficient (Wildman–Crippen LogP) is 5.63. The van der Waals surface area contributed by atoms with Gasteiger partial charge in [-0.3, -0.25) is 4.99 Å². The Kier molecular flexibility index (Phi) is 6.08. The molecular weight excluding hydrogens is 333 g/mol. The summed E-state index contributed by atoms with van der Waals surface area (Å²) >= 11 is 12.4. The summed E-state index contributed by atoms with van der Waals surface area (Å²) in [5, 5.41) is 1.14. The minimum Gasteiger partial charge on any atom is -0.493 e. The van der Waals surface area contributed by atoms with E-state index in [9.17, 15) is 0 Å². The van der Waals surface area contributed by atoms with Gasteiger partial charge in [0.05, 0.1) is 17.8 Å². The standard InChI is InChI=1S/C18H17Cl2NO2/c1-4-8-23-18-15(20)9-13(10-17(18)22-3)11-21-16-7-5-6-14(19)12(16)2/h4-7,9-11H,1,8H2,2-3H3. The minimum atomic E-state index is 0.352. The van der Waals surface area contributed by atoms with E-state index in [0.717, 1.165) is 16.8 Å². The first kappa shape index (κ1) is 17.4. The molecule has 2 aromatic carbocycles. The van der Waals surface area contributed by atoms with Crippen LogP contribution >= 0.6 is 23.2 Å². The van der Waals surface area contributed by atoms with Gasteiger partial charge >= 0.3 is 0 Å². The highest BCUT2D eigenvalue weighted by atomic mass is 35.5. The molecule has 0 aliphatic heterocycles. The van der Waals surface area contributed by atoms with Crippen molar-refractivity contribution in [2.75, 3.05) is 13.7 Å². The Balaban J connectivity index is 2.33. The second kappa shape index (κ2) is 8.04. The Labute approximate surface area is 146 Å². The SMILES string of the molecule is C=CCOc1c(Cl)cc(C=Nc2cccc(Cl)c2C)cc1OC. The summed E-state index contributed by atoms with van der Waals surface area (Å²) in [4.78, 5) is 4.46. The molecule has 0 atom stereocenters. The molecule has 0 aromatic heterocycles. The summed E-state index contributed by atoms with van der Waals surface area (Å²) in [6.45, 7) is 5.89. The molecule has 23 heavy (non-hydrogen) atoms. The molecule has 0 saturated carbocycles. The van der Waals surface area contributed by atoms with Crippen LogP contribution in [0.5, 0.6) is 11.5 Å². The highest BCUT2D eigenvalue weighted by Gasteiger charge is 2.11. The molecule has 5 heteroatoms. The van der Waals surface area contributed by atoms with Crippen molar-refractivity contribution in [2.24, 2.45) is 4.99 Å². The molecule has 3 nitrogen and oxygen atoms in total. The summed E-state index contributed by atoms with van der Waals surface area (Å²) in [5.41, 5.74) is 2.53. The molecule has 0 fully saturated rings. The lowest BCUT2D eigenvalue weighted by Gasteiger charge is -2.12. The van der Waals surface area contributed by atoms with Crippen LogP contribution in [0.15, 0.2) is 48.0 Å². The number of benzene rings is 2. The lowest BCUT2D eigenvalue weighted by Crippen LogP contribution is -1.98. The molecule has 0 heterocycles. The van der Waals surface area contributed by atoms with Gasteiger partial charge < -0.3 is 9.47 Å². The maximum Gasteiger partial charge on any atom is 0.180 e. The average Bonchev–Trinajstić information content (AvgIpc) is 2.54. The fourth-order valence-electron chi connectivity index (χ4n) is 1.98. The molecule has 2 rings (SSSR count). The fraction of sp³-hybridized carbons (Fsp3) is 0.167. The second-order valence-electron chi connectivity index (χ2n) is 4.78. The molecule has 0 unspecified atom stereocenters. The van der Waals surface area contributed by atoms with Crippen molar-refractivity contribution in [3.8, 4) is 11.5 Å². The van der Waals surface area contributed by atoms with Gasteiger partial charge in [-0.25, -0.2) is 0 Å². The molecule has 0 bridgehead atoms. The first-order chi connectivity index (χ1) is 11.1. The number of hydrogen-bond donors (Lipinski definition) is 0. The molecular formula is C18H17Cl2NO2. The van der Waals surface area contributed by atoms with Crippen molar-refractivity contribution in [1.82, 2.24) is 0 Å². The monoisotopic (exact) mass is 349 g/mol. The third-order valence-corrected chi connectivity index (χ3v) is 3.88. The van der Waals surface area contributed by atoms with Crippen LogP contribution < -0.4 is 9.47 Å². The number of halogens is 2. The zero-order valence-electron chi connectivity index (χ0n) is 13.0. The van der Waals surface area contributed by atoms with Gasteiger partial charge in [-0.2, -0.15) is 0 Å². The van der Waals surface area contributed by atoms with E-state index in [-0.39, 0.29) is 0 Å². The van der Waals surface area contributed by atoms with E-state index in [4.69, 9.17) is 32.7 Å². The van der Waals surface area contributed by atoms with Gasteiger partial charge in [0.1, 0.15) is 6.61 Å². The van der Waals surface area contributed by atoms with Crippen LogP contribution in [-0.2, 0) is 0 Å². The minimum absolute atomic E-state index is 0.352. The summed E-state index contributed by atoms with van der Waals surface area (Å²) < 4.78 is 10.9. The fourth-order valence-corrected chi connectivity index (χ4v) is 2.42. The van der Waals surface area contributed by atoms with Gasteiger partial charge in [0, 0.05) is 11.2 Å². The van der Waals surface area contributed by atoms with Crippen molar-refractivity contribution in [3.63, 3.8) is 0 Å². The quantitative estimate of drug-likeness (QED) is 0.500. The topological polar surface area (TPSA) is 30.8 Å². The van der Waals surface area contributed by atoms with Crippen LogP contribution in [0, 0.1) is 6.92 Å². The molecule has 0 saturated heterocycles. The van der Waals surface area contributed by atoms with Crippen molar-refractivity contribution in [3.05, 3.63) is 64.2 Å². The average molecular weight is 350 g/mol. The van der Waals surface area contributed by atoms with E-state index >= 15 is 0 Å². The van der Waals surface area contributed by atoms with Gasteiger partial charge in [0.2, 0.25) is 0 Å². The third kappa shape index (κ3) is 4.27. The van der Waals surface area contributed by atoms with Gasteiger partial charge in [0.15, 0.2) is 11.5 Å². The first-order valence-corrected chi connectivity index (χ1v) is 7.72. The lowest BCUT2D eigenvalue weighted by atomic mass is 10.2. The Morgan fingerprint density at radius 2 is 2.00 bits per heavy atom. The second-order valence-corrected chi connectivity index (χ2v) is 5.59. The highest BCUT2D eigenvalue weighted by Crippen LogP contribution is 2.36. The summed E-state index contributed by atoms with van der Waals surface area (Å²) in [6, 6.07) is 9.18. The van der Waals surface area contributed by atoms with Gasteiger partial charge in [-0.05, 0) is 42.3 Å². The molecule has 0 N–H and O–H groups in total.